The van der Waals surface area contributed by atoms with Gasteiger partial charge in [0.1, 0.15) is 0 Å². The van der Waals surface area contributed by atoms with Gasteiger partial charge in [-0.25, -0.2) is 4.99 Å². The third-order valence-electron chi connectivity index (χ3n) is 3.24. The fourth-order valence-electron chi connectivity index (χ4n) is 2.27. The number of alkyl halides is 6. The number of para-hydroxylation sites is 2. The molecule has 0 atom stereocenters. The average Bonchev–Trinajstić information content (AvgIpc) is 2.90. The fraction of sp³-hybridized carbons (Fsp3) is 0.118. The Morgan fingerprint density at radius 2 is 1.25 bits per heavy atom. The van der Waals surface area contributed by atoms with E-state index in [0.717, 1.165) is 4.90 Å². The van der Waals surface area contributed by atoms with Gasteiger partial charge in [-0.15, -0.1) is 26.3 Å². The lowest BCUT2D eigenvalue weighted by Gasteiger charge is -2.19. The van der Waals surface area contributed by atoms with Crippen LogP contribution in [-0.4, -0.2) is 28.6 Å². The number of thioether (sulfide) groups is 1. The number of rotatable bonds is 2. The van der Waals surface area contributed by atoms with E-state index in [-0.39, 0.29) is 10.9 Å². The van der Waals surface area contributed by atoms with Gasteiger partial charge < -0.3 is 0 Å². The highest BCUT2D eigenvalue weighted by atomic mass is 32.2. The van der Waals surface area contributed by atoms with Crippen LogP contribution in [0.15, 0.2) is 75.6 Å². The van der Waals surface area contributed by atoms with Gasteiger partial charge in [0, 0.05) is 5.69 Å². The molecule has 1 saturated heterocycles. The molecule has 4 nitrogen and oxygen atoms in total. The molecule has 0 aliphatic carbocycles. The molecule has 0 saturated carbocycles. The molecule has 0 spiro atoms. The molecule has 0 unspecified atom stereocenters. The van der Waals surface area contributed by atoms with Gasteiger partial charge in [0.2, 0.25) is 0 Å². The lowest BCUT2D eigenvalue weighted by molar-refractivity contribution is -0.121. The molecular weight excluding hydrogens is 406 g/mol. The van der Waals surface area contributed by atoms with Gasteiger partial charge in [-0.1, -0.05) is 36.4 Å². The van der Waals surface area contributed by atoms with Crippen LogP contribution < -0.4 is 4.90 Å². The highest BCUT2D eigenvalue weighted by Gasteiger charge is 2.41. The zero-order valence-electron chi connectivity index (χ0n) is 13.7. The third kappa shape index (κ3) is 5.12. The van der Waals surface area contributed by atoms with Crippen LogP contribution in [0.1, 0.15) is 0 Å². The van der Waals surface area contributed by atoms with Crippen LogP contribution in [0.25, 0.3) is 0 Å². The van der Waals surface area contributed by atoms with Crippen LogP contribution in [0.4, 0.5) is 37.7 Å². The Kier molecular flexibility index (Phi) is 5.45. The lowest BCUT2D eigenvalue weighted by atomic mass is 10.3. The Morgan fingerprint density at radius 1 is 0.714 bits per heavy atom. The maximum atomic E-state index is 13.0. The molecule has 1 aliphatic heterocycles. The summed E-state index contributed by atoms with van der Waals surface area (Å²) < 4.78 is 77.3. The van der Waals surface area contributed by atoms with E-state index in [0.29, 0.717) is 17.4 Å². The van der Waals surface area contributed by atoms with Crippen LogP contribution in [0, 0.1) is 0 Å². The first-order valence-electron chi connectivity index (χ1n) is 7.63. The number of nitrogens with zero attached hydrogens (tertiary/aromatic N) is 4. The van der Waals surface area contributed by atoms with Gasteiger partial charge >= 0.3 is 12.6 Å². The quantitative estimate of drug-likeness (QED) is 0.461. The minimum Gasteiger partial charge on any atom is -0.271 e. The Morgan fingerprint density at radius 3 is 1.79 bits per heavy atom. The molecule has 3 rings (SSSR count). The number of hydrogen-bond donors (Lipinski definition) is 0. The molecule has 0 radical (unpaired) electrons. The molecular formula is C17H10F6N4S. The number of halogens is 6. The molecule has 0 amide bonds. The first kappa shape index (κ1) is 19.9. The molecule has 2 aromatic carbocycles. The highest BCUT2D eigenvalue weighted by molar-refractivity contribution is 8.29. The van der Waals surface area contributed by atoms with E-state index in [1.807, 2.05) is 0 Å². The van der Waals surface area contributed by atoms with Gasteiger partial charge in [0.15, 0.2) is 16.0 Å². The summed E-state index contributed by atoms with van der Waals surface area (Å²) in [5.74, 6) is -0.990. The van der Waals surface area contributed by atoms with Gasteiger partial charge in [-0.05, 0) is 36.0 Å². The van der Waals surface area contributed by atoms with Crippen molar-refractivity contribution < 1.29 is 26.3 Å². The summed E-state index contributed by atoms with van der Waals surface area (Å²) in [6.45, 7) is 0. The van der Waals surface area contributed by atoms with Crippen molar-refractivity contribution in [3.63, 3.8) is 0 Å². The van der Waals surface area contributed by atoms with Gasteiger partial charge in [0.25, 0.3) is 0 Å². The number of aliphatic imine (C=N–C) groups is 3. The van der Waals surface area contributed by atoms with Crippen molar-refractivity contribution in [2.45, 2.75) is 12.6 Å². The van der Waals surface area contributed by atoms with Crippen molar-refractivity contribution in [2.75, 3.05) is 4.90 Å². The Bertz CT molecular complexity index is 920. The van der Waals surface area contributed by atoms with Gasteiger partial charge in [-0.3, -0.25) is 4.90 Å². The molecule has 0 bridgehead atoms. The minimum absolute atomic E-state index is 0.136. The largest absolute Gasteiger partial charge is 0.505 e. The van der Waals surface area contributed by atoms with Crippen LogP contribution in [-0.2, 0) is 0 Å². The molecule has 1 heterocycles. The van der Waals surface area contributed by atoms with Crippen LogP contribution in [0.5, 0.6) is 0 Å². The summed E-state index contributed by atoms with van der Waals surface area (Å²) in [5.41, 5.74) is 0.519. The summed E-state index contributed by atoms with van der Waals surface area (Å²) in [5, 5.41) is -1.08. The minimum atomic E-state index is -5.10. The molecule has 1 aliphatic rings. The van der Waals surface area contributed by atoms with Crippen LogP contribution in [0.3, 0.4) is 0 Å². The second kappa shape index (κ2) is 7.66. The van der Waals surface area contributed by atoms with E-state index in [4.69, 9.17) is 0 Å². The Labute approximate surface area is 159 Å². The van der Waals surface area contributed by atoms with Crippen molar-refractivity contribution in [2.24, 2.45) is 15.0 Å². The summed E-state index contributed by atoms with van der Waals surface area (Å²) >= 11 is 0.359. The first-order valence-corrected chi connectivity index (χ1v) is 8.44. The summed E-state index contributed by atoms with van der Waals surface area (Å²) in [6.07, 6.45) is -10.2. The molecule has 11 heteroatoms. The molecule has 28 heavy (non-hydrogen) atoms. The molecule has 146 valence electrons. The number of amidine groups is 2. The van der Waals surface area contributed by atoms with Crippen molar-refractivity contribution in [3.05, 3.63) is 60.7 Å². The molecule has 0 aromatic heterocycles. The van der Waals surface area contributed by atoms with Crippen LogP contribution in [0.2, 0.25) is 0 Å². The SMILES string of the molecule is FC(F)(F)/N=C1\SC(=Nc2ccccc2)N(c2ccccc2)\C1=N\C(F)(F)F. The van der Waals surface area contributed by atoms with E-state index in [9.17, 15) is 26.3 Å². The topological polar surface area (TPSA) is 40.3 Å². The predicted molar refractivity (Wildman–Crippen MR) is 97.0 cm³/mol. The highest BCUT2D eigenvalue weighted by Crippen LogP contribution is 2.35. The predicted octanol–water partition coefficient (Wildman–Crippen LogP) is 5.76. The van der Waals surface area contributed by atoms with Crippen molar-refractivity contribution in [3.8, 4) is 0 Å². The van der Waals surface area contributed by atoms with Gasteiger partial charge in [0.05, 0.1) is 5.69 Å². The normalized spacial score (nSPS) is 19.8. The smallest absolute Gasteiger partial charge is 0.271 e. The second-order valence-corrected chi connectivity index (χ2v) is 6.25. The fourth-order valence-corrected chi connectivity index (χ4v) is 3.25. The average molecular weight is 416 g/mol. The number of anilines is 1. The van der Waals surface area contributed by atoms with E-state index in [2.05, 4.69) is 15.0 Å². The third-order valence-corrected chi connectivity index (χ3v) is 4.16. The summed E-state index contributed by atoms with van der Waals surface area (Å²) in [6, 6.07) is 15.7. The van der Waals surface area contributed by atoms with E-state index >= 15 is 0 Å². The van der Waals surface area contributed by atoms with Crippen LogP contribution >= 0.6 is 11.8 Å². The number of hydrogen-bond acceptors (Lipinski definition) is 4. The van der Waals surface area contributed by atoms with E-state index < -0.39 is 23.5 Å². The maximum Gasteiger partial charge on any atom is 0.505 e. The molecule has 0 N–H and O–H groups in total. The van der Waals surface area contributed by atoms with E-state index in [1.165, 1.54) is 24.3 Å². The zero-order chi connectivity index (χ0) is 20.4. The van der Waals surface area contributed by atoms with Gasteiger partial charge in [-0.2, -0.15) is 9.98 Å². The van der Waals surface area contributed by atoms with E-state index in [1.54, 1.807) is 36.4 Å². The van der Waals surface area contributed by atoms with Crippen molar-refractivity contribution >= 4 is 39.2 Å². The van der Waals surface area contributed by atoms with Crippen molar-refractivity contribution in [1.29, 1.82) is 0 Å². The Balaban J connectivity index is 2.20. The summed E-state index contributed by atoms with van der Waals surface area (Å²) in [4.78, 5) is 10.1. The second-order valence-electron chi connectivity index (χ2n) is 5.29. The standard InChI is InChI=1S/C17H10F6N4S/c18-16(19,20)25-13-14(26-17(21,22)23)28-15(24-11-7-3-1-4-8-11)27(13)12-9-5-2-6-10-12/h1-10H/b24-15?,25-13+,26-14-. The monoisotopic (exact) mass is 416 g/mol. The first-order chi connectivity index (χ1) is 13.1. The Hall–Kier alpha value is -2.82. The lowest BCUT2D eigenvalue weighted by Crippen LogP contribution is -2.33. The number of benzene rings is 2. The zero-order valence-corrected chi connectivity index (χ0v) is 14.6. The van der Waals surface area contributed by atoms with Crippen molar-refractivity contribution in [1.82, 2.24) is 0 Å². The molecule has 1 fully saturated rings. The summed E-state index contributed by atoms with van der Waals surface area (Å²) in [7, 11) is 0. The maximum absolute atomic E-state index is 13.0. The molecule has 2 aromatic rings.